The Morgan fingerprint density at radius 1 is 1.19 bits per heavy atom. The van der Waals surface area contributed by atoms with Crippen LogP contribution in [0.2, 0.25) is 0 Å². The fourth-order valence-electron chi connectivity index (χ4n) is 3.33. The van der Waals surface area contributed by atoms with Gasteiger partial charge in [0, 0.05) is 24.6 Å². The fourth-order valence-corrected chi connectivity index (χ4v) is 4.78. The summed E-state index contributed by atoms with van der Waals surface area (Å²) in [6.45, 7) is 1.21. The topological polar surface area (TPSA) is 111 Å². The van der Waals surface area contributed by atoms with E-state index in [4.69, 9.17) is 4.74 Å². The number of nitro groups is 1. The van der Waals surface area contributed by atoms with Crippen LogP contribution in [0.5, 0.6) is 5.75 Å². The van der Waals surface area contributed by atoms with Crippen LogP contribution in [0.3, 0.4) is 0 Å². The Labute approximate surface area is 157 Å². The number of sulfonamides is 1. The number of ether oxygens (including phenoxy) is 1. The number of benzene rings is 2. The molecule has 144 valence electrons. The highest BCUT2D eigenvalue weighted by Gasteiger charge is 2.33. The third-order valence-electron chi connectivity index (χ3n) is 4.68. The Hall–Kier alpha value is -2.49. The monoisotopic (exact) mass is 391 g/mol. The summed E-state index contributed by atoms with van der Waals surface area (Å²) in [6, 6.07) is 12.4. The molecule has 1 saturated heterocycles. The molecule has 2 atom stereocenters. The average Bonchev–Trinajstić information content (AvgIpc) is 2.68. The summed E-state index contributed by atoms with van der Waals surface area (Å²) in [6.07, 6.45) is 0.746. The zero-order valence-electron chi connectivity index (χ0n) is 14.8. The van der Waals surface area contributed by atoms with E-state index in [1.54, 1.807) is 7.11 Å². The smallest absolute Gasteiger partial charge is 0.289 e. The summed E-state index contributed by atoms with van der Waals surface area (Å²) in [4.78, 5) is 10.2. The number of rotatable bonds is 6. The molecule has 0 aromatic heterocycles. The van der Waals surface area contributed by atoms with E-state index in [0.29, 0.717) is 6.54 Å². The zero-order chi connectivity index (χ0) is 19.4. The number of piperidine rings is 1. The second-order valence-corrected chi connectivity index (χ2v) is 8.01. The van der Waals surface area contributed by atoms with Gasteiger partial charge in [-0.25, -0.2) is 13.1 Å². The van der Waals surface area contributed by atoms with Crippen molar-refractivity contribution in [3.63, 3.8) is 0 Å². The minimum atomic E-state index is -4.05. The number of hydrogen-bond acceptors (Lipinski definition) is 6. The predicted molar refractivity (Wildman–Crippen MR) is 100 cm³/mol. The molecule has 1 aliphatic rings. The van der Waals surface area contributed by atoms with Crippen LogP contribution >= 0.6 is 0 Å². The normalized spacial score (nSPS) is 20.2. The number of nitro benzene ring substituents is 1. The van der Waals surface area contributed by atoms with E-state index in [1.807, 2.05) is 24.3 Å². The van der Waals surface area contributed by atoms with Crippen molar-refractivity contribution in [1.82, 2.24) is 10.0 Å². The minimum absolute atomic E-state index is 0.0466. The largest absolute Gasteiger partial charge is 0.497 e. The molecule has 1 fully saturated rings. The van der Waals surface area contributed by atoms with Gasteiger partial charge in [-0.05, 0) is 36.7 Å². The molecule has 0 bridgehead atoms. The van der Waals surface area contributed by atoms with Crippen LogP contribution in [-0.4, -0.2) is 39.6 Å². The van der Waals surface area contributed by atoms with Crippen molar-refractivity contribution in [2.75, 3.05) is 20.2 Å². The highest BCUT2D eigenvalue weighted by atomic mass is 32.2. The van der Waals surface area contributed by atoms with Crippen LogP contribution < -0.4 is 14.8 Å². The summed E-state index contributed by atoms with van der Waals surface area (Å²) >= 11 is 0. The molecule has 9 heteroatoms. The Kier molecular flexibility index (Phi) is 5.73. The van der Waals surface area contributed by atoms with E-state index in [0.717, 1.165) is 24.3 Å². The van der Waals surface area contributed by atoms with Crippen molar-refractivity contribution in [3.8, 4) is 5.75 Å². The highest BCUT2D eigenvalue weighted by molar-refractivity contribution is 7.89. The van der Waals surface area contributed by atoms with E-state index in [1.165, 1.54) is 24.3 Å². The number of methoxy groups -OCH3 is 1. The van der Waals surface area contributed by atoms with Crippen molar-refractivity contribution < 1.29 is 18.1 Å². The molecule has 27 heavy (non-hydrogen) atoms. The molecule has 0 radical (unpaired) electrons. The second-order valence-electron chi connectivity index (χ2n) is 6.33. The molecule has 0 unspecified atom stereocenters. The Balaban J connectivity index is 1.88. The van der Waals surface area contributed by atoms with Crippen LogP contribution in [0, 0.1) is 10.1 Å². The number of para-hydroxylation sites is 1. The van der Waals surface area contributed by atoms with Crippen molar-refractivity contribution in [3.05, 3.63) is 64.2 Å². The first-order chi connectivity index (χ1) is 12.9. The van der Waals surface area contributed by atoms with Gasteiger partial charge in [-0.2, -0.15) is 0 Å². The zero-order valence-corrected chi connectivity index (χ0v) is 15.6. The lowest BCUT2D eigenvalue weighted by molar-refractivity contribution is -0.387. The lowest BCUT2D eigenvalue weighted by Gasteiger charge is -2.33. The van der Waals surface area contributed by atoms with Gasteiger partial charge in [0.25, 0.3) is 5.69 Å². The molecule has 0 spiro atoms. The predicted octanol–water partition coefficient (Wildman–Crippen LogP) is 2.03. The quantitative estimate of drug-likeness (QED) is 0.576. The van der Waals surface area contributed by atoms with Crippen molar-refractivity contribution >= 4 is 15.7 Å². The van der Waals surface area contributed by atoms with Crippen molar-refractivity contribution in [2.24, 2.45) is 0 Å². The van der Waals surface area contributed by atoms with Gasteiger partial charge in [0.1, 0.15) is 5.75 Å². The van der Waals surface area contributed by atoms with Crippen molar-refractivity contribution in [2.45, 2.75) is 23.3 Å². The van der Waals surface area contributed by atoms with E-state index < -0.39 is 26.7 Å². The van der Waals surface area contributed by atoms with Gasteiger partial charge in [0.05, 0.1) is 12.0 Å². The van der Waals surface area contributed by atoms with Gasteiger partial charge >= 0.3 is 0 Å². The molecule has 2 N–H and O–H groups in total. The van der Waals surface area contributed by atoms with Gasteiger partial charge < -0.3 is 10.1 Å². The molecule has 2 aromatic carbocycles. The summed E-state index contributed by atoms with van der Waals surface area (Å²) in [5.74, 6) is 0.680. The molecule has 1 heterocycles. The summed E-state index contributed by atoms with van der Waals surface area (Å²) in [5, 5.41) is 14.4. The molecular formula is C18H21N3O5S. The van der Waals surface area contributed by atoms with Gasteiger partial charge in [-0.3, -0.25) is 10.1 Å². The van der Waals surface area contributed by atoms with Gasteiger partial charge in [-0.1, -0.05) is 24.3 Å². The van der Waals surface area contributed by atoms with E-state index in [9.17, 15) is 18.5 Å². The lowest BCUT2D eigenvalue weighted by Crippen LogP contribution is -2.49. The standard InChI is InChI=1S/C18H21N3O5S/c1-26-14-8-6-13(7-9-14)15-10-11-19-12-16(15)20-27(24,25)18-5-3-2-4-17(18)21(22)23/h2-9,15-16,19-20H,10-12H2,1H3/t15-,16-/m0/s1. The molecule has 0 aliphatic carbocycles. The van der Waals surface area contributed by atoms with Crippen molar-refractivity contribution in [1.29, 1.82) is 0 Å². The third-order valence-corrected chi connectivity index (χ3v) is 6.22. The van der Waals surface area contributed by atoms with Gasteiger partial charge in [0.2, 0.25) is 10.0 Å². The van der Waals surface area contributed by atoms with Gasteiger partial charge in [0.15, 0.2) is 4.90 Å². The molecule has 3 rings (SSSR count). The molecule has 8 nitrogen and oxygen atoms in total. The Morgan fingerprint density at radius 2 is 1.89 bits per heavy atom. The second kappa shape index (κ2) is 8.03. The summed E-state index contributed by atoms with van der Waals surface area (Å²) in [7, 11) is -2.46. The van der Waals surface area contributed by atoms with Crippen LogP contribution in [0.15, 0.2) is 53.4 Å². The number of hydrogen-bond donors (Lipinski definition) is 2. The summed E-state index contributed by atoms with van der Waals surface area (Å²) in [5.41, 5.74) is 0.558. The molecule has 1 aliphatic heterocycles. The number of nitrogens with zero attached hydrogens (tertiary/aromatic N) is 1. The average molecular weight is 391 g/mol. The van der Waals surface area contributed by atoms with Crippen LogP contribution in [0.1, 0.15) is 17.9 Å². The fraction of sp³-hybridized carbons (Fsp3) is 0.333. The maximum absolute atomic E-state index is 12.8. The first-order valence-corrected chi connectivity index (χ1v) is 10.0. The number of nitrogens with one attached hydrogen (secondary N) is 2. The molecule has 2 aromatic rings. The maximum Gasteiger partial charge on any atom is 0.289 e. The van der Waals surface area contributed by atoms with E-state index in [2.05, 4.69) is 10.0 Å². The maximum atomic E-state index is 12.8. The van der Waals surface area contributed by atoms with Crippen LogP contribution in [-0.2, 0) is 10.0 Å². The van der Waals surface area contributed by atoms with Gasteiger partial charge in [-0.15, -0.1) is 0 Å². The minimum Gasteiger partial charge on any atom is -0.497 e. The Morgan fingerprint density at radius 3 is 2.56 bits per heavy atom. The lowest BCUT2D eigenvalue weighted by atomic mass is 9.86. The SMILES string of the molecule is COc1ccc([C@@H]2CCNC[C@@H]2NS(=O)(=O)c2ccccc2[N+](=O)[O-])cc1. The molecule has 0 amide bonds. The third kappa shape index (κ3) is 4.26. The first-order valence-electron chi connectivity index (χ1n) is 8.53. The summed E-state index contributed by atoms with van der Waals surface area (Å²) < 4.78 is 33.5. The molecular weight excluding hydrogens is 370 g/mol. The first kappa shape index (κ1) is 19.3. The van der Waals surface area contributed by atoms with E-state index in [-0.39, 0.29) is 10.8 Å². The van der Waals surface area contributed by atoms with Crippen LogP contribution in [0.4, 0.5) is 5.69 Å². The Bertz CT molecular complexity index is 915. The van der Waals surface area contributed by atoms with Crippen LogP contribution in [0.25, 0.3) is 0 Å². The highest BCUT2D eigenvalue weighted by Crippen LogP contribution is 2.29. The molecule has 0 saturated carbocycles. The van der Waals surface area contributed by atoms with E-state index >= 15 is 0 Å².